The van der Waals surface area contributed by atoms with Crippen molar-refractivity contribution >= 4 is 16.8 Å². The van der Waals surface area contributed by atoms with Crippen LogP contribution in [0.5, 0.6) is 5.75 Å². The molecule has 0 radical (unpaired) electrons. The van der Waals surface area contributed by atoms with E-state index in [0.717, 1.165) is 36.5 Å². The van der Waals surface area contributed by atoms with E-state index >= 15 is 0 Å². The molecule has 1 unspecified atom stereocenters. The van der Waals surface area contributed by atoms with Crippen molar-refractivity contribution in [2.24, 2.45) is 0 Å². The van der Waals surface area contributed by atoms with Crippen molar-refractivity contribution in [3.63, 3.8) is 0 Å². The van der Waals surface area contributed by atoms with Crippen molar-refractivity contribution < 1.29 is 9.53 Å². The van der Waals surface area contributed by atoms with Crippen LogP contribution in [0.15, 0.2) is 54.7 Å². The SMILES string of the molecule is COc1ccccc1C(C)NC(=O)Cn1cc(CN2CCCC2)c2ccccc21. The minimum absolute atomic E-state index is 0.00289. The molecule has 0 spiro atoms. The Bertz CT molecular complexity index is 989. The third-order valence-electron chi connectivity index (χ3n) is 5.76. The Morgan fingerprint density at radius 1 is 1.10 bits per heavy atom. The first-order valence-electron chi connectivity index (χ1n) is 10.4. The molecule has 0 aliphatic carbocycles. The van der Waals surface area contributed by atoms with E-state index in [1.807, 2.05) is 37.3 Å². The highest BCUT2D eigenvalue weighted by Gasteiger charge is 2.18. The summed E-state index contributed by atoms with van der Waals surface area (Å²) in [7, 11) is 1.65. The number of methoxy groups -OCH3 is 1. The highest BCUT2D eigenvalue weighted by Crippen LogP contribution is 2.26. The minimum Gasteiger partial charge on any atom is -0.496 e. The second-order valence-electron chi connectivity index (χ2n) is 7.81. The van der Waals surface area contributed by atoms with Crippen LogP contribution in [0.3, 0.4) is 0 Å². The molecule has 1 fully saturated rings. The van der Waals surface area contributed by atoms with Crippen molar-refractivity contribution in [3.05, 3.63) is 65.9 Å². The Hall–Kier alpha value is -2.79. The Kier molecular flexibility index (Phi) is 5.86. The zero-order valence-corrected chi connectivity index (χ0v) is 17.2. The number of likely N-dealkylation sites (tertiary alicyclic amines) is 1. The van der Waals surface area contributed by atoms with Gasteiger partial charge >= 0.3 is 0 Å². The summed E-state index contributed by atoms with van der Waals surface area (Å²) < 4.78 is 7.50. The lowest BCUT2D eigenvalue weighted by Crippen LogP contribution is -2.30. The molecule has 2 aromatic carbocycles. The van der Waals surface area contributed by atoms with Gasteiger partial charge in [0.15, 0.2) is 0 Å². The fourth-order valence-corrected chi connectivity index (χ4v) is 4.31. The summed E-state index contributed by atoms with van der Waals surface area (Å²) in [6.45, 7) is 5.57. The van der Waals surface area contributed by atoms with E-state index in [2.05, 4.69) is 39.2 Å². The molecular weight excluding hydrogens is 362 g/mol. The van der Waals surface area contributed by atoms with E-state index in [9.17, 15) is 4.79 Å². The van der Waals surface area contributed by atoms with Crippen molar-refractivity contribution in [1.82, 2.24) is 14.8 Å². The third-order valence-corrected chi connectivity index (χ3v) is 5.76. The lowest BCUT2D eigenvalue weighted by atomic mass is 10.1. The van der Waals surface area contributed by atoms with Gasteiger partial charge in [-0.1, -0.05) is 36.4 Å². The molecule has 1 aliphatic heterocycles. The number of carbonyl (C=O) groups is 1. The van der Waals surface area contributed by atoms with Crippen LogP contribution >= 0.6 is 0 Å². The normalized spacial score (nSPS) is 15.5. The number of carbonyl (C=O) groups excluding carboxylic acids is 1. The van der Waals surface area contributed by atoms with Gasteiger partial charge < -0.3 is 14.6 Å². The zero-order chi connectivity index (χ0) is 20.2. The fourth-order valence-electron chi connectivity index (χ4n) is 4.31. The smallest absolute Gasteiger partial charge is 0.240 e. The standard InChI is InChI=1S/C24H29N3O2/c1-18(20-9-4-6-12-23(20)29-2)25-24(28)17-27-16-19(15-26-13-7-8-14-26)21-10-3-5-11-22(21)27/h3-6,9-12,16,18H,7-8,13-15,17H2,1-2H3,(H,25,28). The summed E-state index contributed by atoms with van der Waals surface area (Å²) in [5, 5.41) is 4.36. The fraction of sp³-hybridized carbons (Fsp3) is 0.375. The number of nitrogens with zero attached hydrogens (tertiary/aromatic N) is 2. The summed E-state index contributed by atoms with van der Waals surface area (Å²) in [5.74, 6) is 0.788. The van der Waals surface area contributed by atoms with E-state index in [1.54, 1.807) is 7.11 Å². The van der Waals surface area contributed by atoms with Gasteiger partial charge in [0.1, 0.15) is 12.3 Å². The van der Waals surface area contributed by atoms with Gasteiger partial charge in [0, 0.05) is 29.2 Å². The van der Waals surface area contributed by atoms with E-state index in [4.69, 9.17) is 4.74 Å². The number of benzene rings is 2. The van der Waals surface area contributed by atoms with Crippen LogP contribution in [0.1, 0.15) is 36.9 Å². The van der Waals surface area contributed by atoms with E-state index in [0.29, 0.717) is 6.54 Å². The maximum atomic E-state index is 12.8. The topological polar surface area (TPSA) is 46.5 Å². The number of hydrogen-bond donors (Lipinski definition) is 1. The molecule has 1 atom stereocenters. The second kappa shape index (κ2) is 8.70. The van der Waals surface area contributed by atoms with Gasteiger partial charge in [-0.3, -0.25) is 9.69 Å². The van der Waals surface area contributed by atoms with Gasteiger partial charge in [-0.15, -0.1) is 0 Å². The molecule has 2 heterocycles. The lowest BCUT2D eigenvalue weighted by Gasteiger charge is -2.17. The predicted octanol–water partition coefficient (Wildman–Crippen LogP) is 4.12. The number of amides is 1. The summed E-state index contributed by atoms with van der Waals surface area (Å²) >= 11 is 0. The maximum Gasteiger partial charge on any atom is 0.240 e. The third kappa shape index (κ3) is 4.30. The number of hydrogen-bond acceptors (Lipinski definition) is 3. The summed E-state index contributed by atoms with van der Waals surface area (Å²) in [4.78, 5) is 15.3. The number of nitrogens with one attached hydrogen (secondary N) is 1. The lowest BCUT2D eigenvalue weighted by molar-refractivity contribution is -0.122. The van der Waals surface area contributed by atoms with E-state index < -0.39 is 0 Å². The highest BCUT2D eigenvalue weighted by molar-refractivity contribution is 5.86. The van der Waals surface area contributed by atoms with Crippen LogP contribution in [-0.4, -0.2) is 35.6 Å². The number of rotatable bonds is 7. The maximum absolute atomic E-state index is 12.8. The highest BCUT2D eigenvalue weighted by atomic mass is 16.5. The number of ether oxygens (including phenoxy) is 1. The average Bonchev–Trinajstić information content (AvgIpc) is 3.37. The average molecular weight is 392 g/mol. The van der Waals surface area contributed by atoms with Gasteiger partial charge in [-0.25, -0.2) is 0 Å². The van der Waals surface area contributed by atoms with Crippen LogP contribution in [0, 0.1) is 0 Å². The van der Waals surface area contributed by atoms with Crippen LogP contribution in [-0.2, 0) is 17.9 Å². The minimum atomic E-state index is -0.121. The van der Waals surface area contributed by atoms with Gasteiger partial charge in [0.25, 0.3) is 0 Å². The molecule has 29 heavy (non-hydrogen) atoms. The first-order chi connectivity index (χ1) is 14.2. The molecule has 4 rings (SSSR count). The molecule has 1 aromatic heterocycles. The Balaban J connectivity index is 1.50. The first-order valence-corrected chi connectivity index (χ1v) is 10.4. The van der Waals surface area contributed by atoms with E-state index in [-0.39, 0.29) is 11.9 Å². The molecule has 152 valence electrons. The second-order valence-corrected chi connectivity index (χ2v) is 7.81. The van der Waals surface area contributed by atoms with Crippen LogP contribution < -0.4 is 10.1 Å². The van der Waals surface area contributed by atoms with Gasteiger partial charge in [-0.05, 0) is 50.6 Å². The molecular formula is C24H29N3O2. The molecule has 1 saturated heterocycles. The molecule has 1 amide bonds. The Morgan fingerprint density at radius 3 is 2.62 bits per heavy atom. The molecule has 5 heteroatoms. The Labute approximate surface area is 172 Å². The molecule has 0 bridgehead atoms. The van der Waals surface area contributed by atoms with Crippen molar-refractivity contribution in [2.45, 2.75) is 38.9 Å². The summed E-state index contributed by atoms with van der Waals surface area (Å²) in [6.07, 6.45) is 4.71. The van der Waals surface area contributed by atoms with Gasteiger partial charge in [0.05, 0.1) is 13.2 Å². The molecule has 5 nitrogen and oxygen atoms in total. The monoisotopic (exact) mass is 391 g/mol. The molecule has 1 N–H and O–H groups in total. The largest absolute Gasteiger partial charge is 0.496 e. The Morgan fingerprint density at radius 2 is 1.83 bits per heavy atom. The van der Waals surface area contributed by atoms with Gasteiger partial charge in [-0.2, -0.15) is 0 Å². The van der Waals surface area contributed by atoms with Crippen LogP contribution in [0.4, 0.5) is 0 Å². The van der Waals surface area contributed by atoms with Crippen LogP contribution in [0.2, 0.25) is 0 Å². The van der Waals surface area contributed by atoms with Gasteiger partial charge in [0.2, 0.25) is 5.91 Å². The molecule has 3 aromatic rings. The number of para-hydroxylation sites is 2. The molecule has 1 aliphatic rings. The van der Waals surface area contributed by atoms with Crippen molar-refractivity contribution in [3.8, 4) is 5.75 Å². The van der Waals surface area contributed by atoms with Crippen LogP contribution in [0.25, 0.3) is 10.9 Å². The number of fused-ring (bicyclic) bond motifs is 1. The molecule has 0 saturated carbocycles. The zero-order valence-electron chi connectivity index (χ0n) is 17.2. The summed E-state index contributed by atoms with van der Waals surface area (Å²) in [5.41, 5.74) is 3.39. The van der Waals surface area contributed by atoms with Crippen molar-refractivity contribution in [1.29, 1.82) is 0 Å². The predicted molar refractivity (Wildman–Crippen MR) is 116 cm³/mol. The van der Waals surface area contributed by atoms with E-state index in [1.165, 1.54) is 23.8 Å². The summed E-state index contributed by atoms with van der Waals surface area (Å²) in [6, 6.07) is 16.1. The first kappa shape index (κ1) is 19.5. The quantitative estimate of drug-likeness (QED) is 0.659. The van der Waals surface area contributed by atoms with Crippen molar-refractivity contribution in [2.75, 3.05) is 20.2 Å². The number of aromatic nitrogens is 1.